The first-order valence-corrected chi connectivity index (χ1v) is 11.8. The Kier molecular flexibility index (Phi) is 6.32. The number of anilines is 1. The molecule has 1 aliphatic rings. The van der Waals surface area contributed by atoms with Gasteiger partial charge in [0.05, 0.1) is 23.7 Å². The van der Waals surface area contributed by atoms with Crippen molar-refractivity contribution in [2.45, 2.75) is 24.5 Å². The standard InChI is InChI=1S/C24H24N2O5S/c1-2-30-19-10-8-9-18(15-19)16-25-24(27)23-17-26(21-13-6-7-14-22(21)31-23)32(28,29)20-11-4-3-5-12-20/h3-15,23H,2,16-17H2,1H3,(H,25,27)/t23-/m1/s1. The van der Waals surface area contributed by atoms with E-state index >= 15 is 0 Å². The zero-order valence-electron chi connectivity index (χ0n) is 17.6. The Labute approximate surface area is 187 Å². The van der Waals surface area contributed by atoms with E-state index in [1.807, 2.05) is 31.2 Å². The van der Waals surface area contributed by atoms with E-state index in [0.29, 0.717) is 18.0 Å². The highest BCUT2D eigenvalue weighted by molar-refractivity contribution is 7.92. The smallest absolute Gasteiger partial charge is 0.264 e. The number of nitrogens with zero attached hydrogens (tertiary/aromatic N) is 1. The number of hydrogen-bond acceptors (Lipinski definition) is 5. The number of sulfonamides is 1. The molecule has 0 unspecified atom stereocenters. The largest absolute Gasteiger partial charge is 0.494 e. The van der Waals surface area contributed by atoms with Crippen molar-refractivity contribution in [2.24, 2.45) is 0 Å². The molecule has 0 radical (unpaired) electrons. The normalized spacial score (nSPS) is 15.4. The van der Waals surface area contributed by atoms with Crippen LogP contribution in [-0.2, 0) is 21.4 Å². The lowest BCUT2D eigenvalue weighted by Gasteiger charge is -2.34. The number of carbonyl (C=O) groups excluding carboxylic acids is 1. The molecule has 1 atom stereocenters. The van der Waals surface area contributed by atoms with Gasteiger partial charge in [0.25, 0.3) is 15.9 Å². The summed E-state index contributed by atoms with van der Waals surface area (Å²) in [6.45, 7) is 2.60. The van der Waals surface area contributed by atoms with Crippen LogP contribution in [0.5, 0.6) is 11.5 Å². The van der Waals surface area contributed by atoms with Crippen molar-refractivity contribution in [3.8, 4) is 11.5 Å². The molecular weight excluding hydrogens is 428 g/mol. The summed E-state index contributed by atoms with van der Waals surface area (Å²) in [4.78, 5) is 13.1. The molecule has 1 N–H and O–H groups in total. The Hall–Kier alpha value is -3.52. The summed E-state index contributed by atoms with van der Waals surface area (Å²) < 4.78 is 39.2. The molecule has 0 saturated carbocycles. The molecule has 166 valence electrons. The van der Waals surface area contributed by atoms with Gasteiger partial charge in [-0.2, -0.15) is 0 Å². The molecule has 0 aliphatic carbocycles. The van der Waals surface area contributed by atoms with E-state index < -0.39 is 22.0 Å². The van der Waals surface area contributed by atoms with E-state index in [1.54, 1.807) is 42.5 Å². The molecule has 3 aromatic rings. The van der Waals surface area contributed by atoms with E-state index in [-0.39, 0.29) is 18.0 Å². The third kappa shape index (κ3) is 4.55. The van der Waals surface area contributed by atoms with Gasteiger partial charge in [0, 0.05) is 6.54 Å². The van der Waals surface area contributed by atoms with Crippen LogP contribution in [0.25, 0.3) is 0 Å². The molecule has 3 aromatic carbocycles. The number of ether oxygens (including phenoxy) is 2. The summed E-state index contributed by atoms with van der Waals surface area (Å²) in [6, 6.07) is 22.4. The number of fused-ring (bicyclic) bond motifs is 1. The summed E-state index contributed by atoms with van der Waals surface area (Å²) in [5.74, 6) is 0.675. The van der Waals surface area contributed by atoms with E-state index in [0.717, 1.165) is 11.3 Å². The van der Waals surface area contributed by atoms with Crippen molar-refractivity contribution in [3.63, 3.8) is 0 Å². The molecule has 0 saturated heterocycles. The Morgan fingerprint density at radius 1 is 1.06 bits per heavy atom. The van der Waals surface area contributed by atoms with Gasteiger partial charge in [-0.05, 0) is 48.9 Å². The van der Waals surface area contributed by atoms with E-state index in [9.17, 15) is 13.2 Å². The minimum Gasteiger partial charge on any atom is -0.494 e. The minimum atomic E-state index is -3.86. The molecule has 1 amide bonds. The fourth-order valence-electron chi connectivity index (χ4n) is 3.50. The zero-order chi connectivity index (χ0) is 22.6. The first kappa shape index (κ1) is 21.7. The van der Waals surface area contributed by atoms with Crippen molar-refractivity contribution in [2.75, 3.05) is 17.5 Å². The van der Waals surface area contributed by atoms with Crippen molar-refractivity contribution >= 4 is 21.6 Å². The zero-order valence-corrected chi connectivity index (χ0v) is 18.4. The third-order valence-corrected chi connectivity index (χ3v) is 6.83. The predicted molar refractivity (Wildman–Crippen MR) is 121 cm³/mol. The van der Waals surface area contributed by atoms with E-state index in [2.05, 4.69) is 5.32 Å². The van der Waals surface area contributed by atoms with Gasteiger partial charge in [0.15, 0.2) is 6.10 Å². The van der Waals surface area contributed by atoms with E-state index in [4.69, 9.17) is 9.47 Å². The summed E-state index contributed by atoms with van der Waals surface area (Å²) >= 11 is 0. The lowest BCUT2D eigenvalue weighted by Crippen LogP contribution is -2.50. The first-order chi connectivity index (χ1) is 15.5. The molecule has 8 heteroatoms. The van der Waals surface area contributed by atoms with Gasteiger partial charge >= 0.3 is 0 Å². The summed E-state index contributed by atoms with van der Waals surface area (Å²) in [5.41, 5.74) is 1.28. The van der Waals surface area contributed by atoms with Gasteiger partial charge in [0.1, 0.15) is 11.5 Å². The van der Waals surface area contributed by atoms with E-state index in [1.165, 1.54) is 16.4 Å². The van der Waals surface area contributed by atoms with Crippen molar-refractivity contribution in [1.82, 2.24) is 5.32 Å². The Morgan fingerprint density at radius 3 is 2.59 bits per heavy atom. The Balaban J connectivity index is 1.54. The quantitative estimate of drug-likeness (QED) is 0.594. The van der Waals surface area contributed by atoms with Gasteiger partial charge < -0.3 is 14.8 Å². The number of amides is 1. The van der Waals surface area contributed by atoms with Crippen LogP contribution in [0.2, 0.25) is 0 Å². The molecule has 4 rings (SSSR count). The number of carbonyl (C=O) groups is 1. The molecule has 0 bridgehead atoms. The second-order valence-corrected chi connectivity index (χ2v) is 9.08. The second kappa shape index (κ2) is 9.32. The van der Waals surface area contributed by atoms with Crippen LogP contribution in [0.15, 0.2) is 83.8 Å². The van der Waals surface area contributed by atoms with Crippen LogP contribution >= 0.6 is 0 Å². The Morgan fingerprint density at radius 2 is 1.81 bits per heavy atom. The second-order valence-electron chi connectivity index (χ2n) is 7.22. The molecule has 32 heavy (non-hydrogen) atoms. The van der Waals surface area contributed by atoms with Crippen LogP contribution in [0.1, 0.15) is 12.5 Å². The highest BCUT2D eigenvalue weighted by Crippen LogP contribution is 2.36. The number of nitrogens with one attached hydrogen (secondary N) is 1. The average molecular weight is 453 g/mol. The van der Waals surface area contributed by atoms with Gasteiger partial charge in [-0.15, -0.1) is 0 Å². The maximum absolute atomic E-state index is 13.3. The lowest BCUT2D eigenvalue weighted by atomic mass is 10.2. The fourth-order valence-corrected chi connectivity index (χ4v) is 5.00. The van der Waals surface area contributed by atoms with Crippen molar-refractivity contribution in [3.05, 3.63) is 84.4 Å². The number of hydrogen-bond donors (Lipinski definition) is 1. The van der Waals surface area contributed by atoms with Crippen LogP contribution < -0.4 is 19.1 Å². The lowest BCUT2D eigenvalue weighted by molar-refractivity contribution is -0.127. The SMILES string of the molecule is CCOc1cccc(CNC(=O)[C@H]2CN(S(=O)(=O)c3ccccc3)c3ccccc3O2)c1. The van der Waals surface area contributed by atoms with Crippen LogP contribution in [0, 0.1) is 0 Å². The number of para-hydroxylation sites is 2. The summed E-state index contributed by atoms with van der Waals surface area (Å²) in [7, 11) is -3.86. The predicted octanol–water partition coefficient (Wildman–Crippen LogP) is 3.36. The maximum Gasteiger partial charge on any atom is 0.264 e. The Bertz CT molecular complexity index is 1200. The molecule has 1 aliphatic heterocycles. The topological polar surface area (TPSA) is 84.9 Å². The average Bonchev–Trinajstić information content (AvgIpc) is 2.83. The van der Waals surface area contributed by atoms with Gasteiger partial charge in [-0.1, -0.05) is 42.5 Å². The molecule has 0 aromatic heterocycles. The number of rotatable bonds is 7. The van der Waals surface area contributed by atoms with Crippen LogP contribution in [0.4, 0.5) is 5.69 Å². The molecule has 1 heterocycles. The maximum atomic E-state index is 13.3. The van der Waals surface area contributed by atoms with Crippen molar-refractivity contribution in [1.29, 1.82) is 0 Å². The van der Waals surface area contributed by atoms with Crippen LogP contribution in [0.3, 0.4) is 0 Å². The van der Waals surface area contributed by atoms with Crippen LogP contribution in [-0.4, -0.2) is 33.6 Å². The van der Waals surface area contributed by atoms with Gasteiger partial charge in [-0.3, -0.25) is 9.10 Å². The van der Waals surface area contributed by atoms with Gasteiger partial charge in [-0.25, -0.2) is 8.42 Å². The molecule has 0 spiro atoms. The third-order valence-electron chi connectivity index (χ3n) is 5.03. The summed E-state index contributed by atoms with van der Waals surface area (Å²) in [6.07, 6.45) is -0.988. The minimum absolute atomic E-state index is 0.126. The fraction of sp³-hybridized carbons (Fsp3) is 0.208. The monoisotopic (exact) mass is 452 g/mol. The molecular formula is C24H24N2O5S. The molecule has 7 nitrogen and oxygen atoms in total. The highest BCUT2D eigenvalue weighted by atomic mass is 32.2. The summed E-state index contributed by atoms with van der Waals surface area (Å²) in [5, 5.41) is 2.84. The first-order valence-electron chi connectivity index (χ1n) is 10.3. The van der Waals surface area contributed by atoms with Gasteiger partial charge in [0.2, 0.25) is 0 Å². The molecule has 0 fully saturated rings. The number of benzene rings is 3. The van der Waals surface area contributed by atoms with Crippen molar-refractivity contribution < 1.29 is 22.7 Å². The highest BCUT2D eigenvalue weighted by Gasteiger charge is 2.37.